The van der Waals surface area contributed by atoms with Gasteiger partial charge in [-0.05, 0) is 11.6 Å². The minimum absolute atomic E-state index is 0.111. The van der Waals surface area contributed by atoms with E-state index in [0.29, 0.717) is 19.0 Å². The van der Waals surface area contributed by atoms with Crippen molar-refractivity contribution < 1.29 is 17.7 Å². The highest BCUT2D eigenvalue weighted by Gasteiger charge is 2.36. The van der Waals surface area contributed by atoms with E-state index in [-0.39, 0.29) is 5.56 Å². The maximum absolute atomic E-state index is 14.1. The molecule has 0 saturated heterocycles. The molecule has 0 bridgehead atoms. The Balaban J connectivity index is 1.79. The summed E-state index contributed by atoms with van der Waals surface area (Å²) in [6, 6.07) is 2.93. The van der Waals surface area contributed by atoms with Crippen LogP contribution in [0.5, 0.6) is 0 Å². The Morgan fingerprint density at radius 2 is 1.96 bits per heavy atom. The first kappa shape index (κ1) is 14.2. The van der Waals surface area contributed by atoms with E-state index in [1.165, 1.54) is 0 Å². The molecule has 0 aliphatic carbocycles. The molecule has 0 radical (unpaired) electrons. The van der Waals surface area contributed by atoms with Crippen molar-refractivity contribution >= 4 is 11.0 Å². The number of pyridine rings is 1. The summed E-state index contributed by atoms with van der Waals surface area (Å²) in [7, 11) is 0. The number of aromatic amines is 1. The van der Waals surface area contributed by atoms with E-state index < -0.39 is 29.4 Å². The molecule has 1 aliphatic heterocycles. The van der Waals surface area contributed by atoms with Crippen LogP contribution in [-0.2, 0) is 13.0 Å². The topological polar surface area (TPSA) is 58.6 Å². The number of nitrogens with zero attached hydrogens (tertiary/aromatic N) is 2. The van der Waals surface area contributed by atoms with E-state index >= 15 is 0 Å². The zero-order chi connectivity index (χ0) is 16.1. The van der Waals surface area contributed by atoms with Crippen molar-refractivity contribution in [2.45, 2.75) is 24.9 Å². The van der Waals surface area contributed by atoms with Crippen LogP contribution < -0.4 is 10.3 Å². The van der Waals surface area contributed by atoms with Gasteiger partial charge in [-0.25, -0.2) is 22.7 Å². The summed E-state index contributed by atoms with van der Waals surface area (Å²) < 4.78 is 42.7. The third-order valence-electron chi connectivity index (χ3n) is 4.46. The predicted octanol–water partition coefficient (Wildman–Crippen LogP) is 1.93. The van der Waals surface area contributed by atoms with Crippen molar-refractivity contribution in [1.82, 2.24) is 9.97 Å². The van der Waals surface area contributed by atoms with E-state index in [1.54, 1.807) is 12.4 Å². The molecule has 0 spiro atoms. The number of rotatable bonds is 1. The molecule has 23 heavy (non-hydrogen) atoms. The minimum atomic E-state index is -1.19. The van der Waals surface area contributed by atoms with Crippen LogP contribution in [0, 0.1) is 17.5 Å². The molecular weight excluding hydrogens is 305 g/mol. The Morgan fingerprint density at radius 3 is 2.78 bits per heavy atom. The second-order valence-corrected chi connectivity index (χ2v) is 5.84. The molecule has 2 aromatic heterocycles. The lowest BCUT2D eigenvalue weighted by molar-refractivity contribution is -0.686. The normalized spacial score (nSPS) is 20.7. The molecule has 3 heterocycles. The molecule has 1 aromatic carbocycles. The molecular formula is C16H14F3N4+. The molecule has 0 unspecified atom stereocenters. The lowest BCUT2D eigenvalue weighted by Gasteiger charge is -2.26. The summed E-state index contributed by atoms with van der Waals surface area (Å²) in [6.45, 7) is 0.449. The lowest BCUT2D eigenvalue weighted by atomic mass is 9.86. The van der Waals surface area contributed by atoms with Crippen LogP contribution in [0.15, 0.2) is 30.6 Å². The average Bonchev–Trinajstić information content (AvgIpc) is 2.88. The number of hydrogen-bond donors (Lipinski definition) is 2. The standard InChI is InChI=1S/C16H13F3N4/c17-10-5-12(19)11(18)3-8(10)9-4-16-22-14-1-2-21-6-15(14)23(16)7-13(9)20/h1-3,5-6,9,13H,4,7,20H2/p+1/t9-,13+/m1/s1. The second-order valence-electron chi connectivity index (χ2n) is 5.84. The van der Waals surface area contributed by atoms with Gasteiger partial charge in [-0.2, -0.15) is 0 Å². The molecule has 7 heteroatoms. The van der Waals surface area contributed by atoms with E-state index in [9.17, 15) is 13.2 Å². The fourth-order valence-corrected chi connectivity index (χ4v) is 3.31. The highest BCUT2D eigenvalue weighted by atomic mass is 19.2. The van der Waals surface area contributed by atoms with Crippen LogP contribution in [0.2, 0.25) is 0 Å². The zero-order valence-corrected chi connectivity index (χ0v) is 12.1. The largest absolute Gasteiger partial charge is 0.324 e. The first-order chi connectivity index (χ1) is 11.0. The fourth-order valence-electron chi connectivity index (χ4n) is 3.31. The third-order valence-corrected chi connectivity index (χ3v) is 4.46. The highest BCUT2D eigenvalue weighted by Crippen LogP contribution is 2.30. The number of fused-ring (bicyclic) bond motifs is 3. The molecule has 4 nitrogen and oxygen atoms in total. The van der Waals surface area contributed by atoms with Gasteiger partial charge in [0.1, 0.15) is 12.4 Å². The molecule has 118 valence electrons. The highest BCUT2D eigenvalue weighted by molar-refractivity contribution is 5.69. The summed E-state index contributed by atoms with van der Waals surface area (Å²) in [5.41, 5.74) is 8.14. The van der Waals surface area contributed by atoms with Crippen LogP contribution >= 0.6 is 0 Å². The van der Waals surface area contributed by atoms with Gasteiger partial charge < -0.3 is 5.73 Å². The molecule has 4 rings (SSSR count). The molecule has 0 amide bonds. The number of benzene rings is 1. The van der Waals surface area contributed by atoms with Crippen molar-refractivity contribution in [2.24, 2.45) is 5.73 Å². The Hall–Kier alpha value is -2.41. The summed E-state index contributed by atoms with van der Waals surface area (Å²) in [5, 5.41) is 0. The Labute approximate surface area is 129 Å². The number of aromatic nitrogens is 3. The smallest absolute Gasteiger partial charge is 0.255 e. The van der Waals surface area contributed by atoms with Gasteiger partial charge in [-0.3, -0.25) is 4.98 Å². The molecule has 0 saturated carbocycles. The minimum Gasteiger partial charge on any atom is -0.324 e. The van der Waals surface area contributed by atoms with Crippen LogP contribution in [0.25, 0.3) is 11.0 Å². The number of hydrogen-bond acceptors (Lipinski definition) is 2. The summed E-state index contributed by atoms with van der Waals surface area (Å²) in [4.78, 5) is 7.36. The summed E-state index contributed by atoms with van der Waals surface area (Å²) >= 11 is 0. The van der Waals surface area contributed by atoms with Crippen molar-refractivity contribution in [1.29, 1.82) is 0 Å². The van der Waals surface area contributed by atoms with Crippen LogP contribution in [0.1, 0.15) is 17.3 Å². The van der Waals surface area contributed by atoms with Crippen molar-refractivity contribution in [2.75, 3.05) is 0 Å². The van der Waals surface area contributed by atoms with Crippen molar-refractivity contribution in [3.8, 4) is 0 Å². The fraction of sp³-hybridized carbons (Fsp3) is 0.250. The van der Waals surface area contributed by atoms with Gasteiger partial charge in [0.15, 0.2) is 22.7 Å². The first-order valence-corrected chi connectivity index (χ1v) is 7.29. The van der Waals surface area contributed by atoms with Gasteiger partial charge in [0.2, 0.25) is 0 Å². The number of nitrogens with one attached hydrogen (secondary N) is 1. The maximum Gasteiger partial charge on any atom is 0.255 e. The Bertz CT molecular complexity index is 906. The van der Waals surface area contributed by atoms with Gasteiger partial charge in [-0.15, -0.1) is 0 Å². The van der Waals surface area contributed by atoms with Crippen LogP contribution in [0.4, 0.5) is 13.2 Å². The first-order valence-electron chi connectivity index (χ1n) is 7.29. The van der Waals surface area contributed by atoms with Crippen LogP contribution in [0.3, 0.4) is 0 Å². The quantitative estimate of drug-likeness (QED) is 0.532. The third kappa shape index (κ3) is 2.19. The van der Waals surface area contributed by atoms with E-state index in [0.717, 1.165) is 22.9 Å². The zero-order valence-electron chi connectivity index (χ0n) is 12.1. The van der Waals surface area contributed by atoms with Gasteiger partial charge >= 0.3 is 0 Å². The van der Waals surface area contributed by atoms with Crippen molar-refractivity contribution in [3.63, 3.8) is 0 Å². The molecule has 3 N–H and O–H groups in total. The monoisotopic (exact) mass is 319 g/mol. The molecule has 1 aliphatic rings. The van der Waals surface area contributed by atoms with Gasteiger partial charge in [0.25, 0.3) is 5.82 Å². The number of nitrogens with two attached hydrogens (primary N) is 1. The number of imidazole rings is 1. The maximum atomic E-state index is 14.1. The SMILES string of the molecule is N[C@H]1C[n+]2c([nH]c3ccncc32)C[C@@H]1c1cc(F)c(F)cc1F. The van der Waals surface area contributed by atoms with E-state index in [4.69, 9.17) is 5.73 Å². The van der Waals surface area contributed by atoms with Gasteiger partial charge in [0, 0.05) is 24.2 Å². The molecule has 3 aromatic rings. The Kier molecular flexibility index (Phi) is 3.12. The van der Waals surface area contributed by atoms with Crippen molar-refractivity contribution in [3.05, 3.63) is 59.4 Å². The van der Waals surface area contributed by atoms with Crippen LogP contribution in [-0.4, -0.2) is 16.0 Å². The van der Waals surface area contributed by atoms with E-state index in [2.05, 4.69) is 9.97 Å². The Morgan fingerprint density at radius 1 is 1.17 bits per heavy atom. The summed E-state index contributed by atoms with van der Waals surface area (Å²) in [6.07, 6.45) is 3.83. The number of H-pyrrole nitrogens is 1. The van der Waals surface area contributed by atoms with E-state index in [1.807, 2.05) is 10.6 Å². The number of halogens is 3. The second kappa shape index (κ2) is 5.06. The summed E-state index contributed by atoms with van der Waals surface area (Å²) in [5.74, 6) is -2.58. The van der Waals surface area contributed by atoms with Gasteiger partial charge in [0.05, 0.1) is 18.7 Å². The molecule has 2 atom stereocenters. The average molecular weight is 319 g/mol. The molecule has 0 fully saturated rings. The lowest BCUT2D eigenvalue weighted by Crippen LogP contribution is -2.53. The van der Waals surface area contributed by atoms with Gasteiger partial charge in [-0.1, -0.05) is 0 Å². The predicted molar refractivity (Wildman–Crippen MR) is 77.0 cm³/mol.